The van der Waals surface area contributed by atoms with Crippen LogP contribution in [0.15, 0.2) is 35.7 Å². The van der Waals surface area contributed by atoms with Gasteiger partial charge in [-0.2, -0.15) is 0 Å². The molecule has 0 radical (unpaired) electrons. The van der Waals surface area contributed by atoms with Gasteiger partial charge in [0.1, 0.15) is 11.9 Å². The SMILES string of the molecule is Cc1ccc(NC(=O)COC(=O)[C@@H]2CCCN2C(=O)c2cccs2)cc1F. The van der Waals surface area contributed by atoms with Crippen molar-refractivity contribution in [2.45, 2.75) is 25.8 Å². The molecule has 8 heteroatoms. The third-order valence-electron chi connectivity index (χ3n) is 4.32. The zero-order chi connectivity index (χ0) is 19.4. The van der Waals surface area contributed by atoms with Crippen molar-refractivity contribution in [3.8, 4) is 0 Å². The zero-order valence-electron chi connectivity index (χ0n) is 14.7. The van der Waals surface area contributed by atoms with Crippen LogP contribution in [0.1, 0.15) is 28.1 Å². The summed E-state index contributed by atoms with van der Waals surface area (Å²) < 4.78 is 18.6. The molecule has 0 aliphatic carbocycles. The molecule has 2 heterocycles. The van der Waals surface area contributed by atoms with E-state index in [1.165, 1.54) is 22.3 Å². The van der Waals surface area contributed by atoms with Crippen molar-refractivity contribution in [1.29, 1.82) is 0 Å². The van der Waals surface area contributed by atoms with Gasteiger partial charge < -0.3 is 15.0 Å². The highest BCUT2D eigenvalue weighted by Gasteiger charge is 2.36. The molecule has 0 spiro atoms. The van der Waals surface area contributed by atoms with Crippen molar-refractivity contribution in [3.05, 3.63) is 52.0 Å². The number of hydrogen-bond acceptors (Lipinski definition) is 5. The van der Waals surface area contributed by atoms with Crippen molar-refractivity contribution < 1.29 is 23.5 Å². The average Bonchev–Trinajstić information content (AvgIpc) is 3.34. The van der Waals surface area contributed by atoms with Crippen LogP contribution in [0.4, 0.5) is 10.1 Å². The van der Waals surface area contributed by atoms with E-state index in [2.05, 4.69) is 5.32 Å². The van der Waals surface area contributed by atoms with Gasteiger partial charge in [0.05, 0.1) is 4.88 Å². The van der Waals surface area contributed by atoms with Crippen molar-refractivity contribution in [3.63, 3.8) is 0 Å². The molecule has 1 aromatic carbocycles. The highest BCUT2D eigenvalue weighted by atomic mass is 32.1. The molecule has 0 unspecified atom stereocenters. The maximum absolute atomic E-state index is 13.5. The van der Waals surface area contributed by atoms with Gasteiger partial charge in [0, 0.05) is 12.2 Å². The molecule has 142 valence electrons. The summed E-state index contributed by atoms with van der Waals surface area (Å²) in [5.41, 5.74) is 0.755. The first-order chi connectivity index (χ1) is 13.0. The Hall–Kier alpha value is -2.74. The Balaban J connectivity index is 1.54. The van der Waals surface area contributed by atoms with Crippen LogP contribution in [0.3, 0.4) is 0 Å². The lowest BCUT2D eigenvalue weighted by Gasteiger charge is -2.22. The van der Waals surface area contributed by atoms with Gasteiger partial charge in [-0.1, -0.05) is 12.1 Å². The van der Waals surface area contributed by atoms with Crippen molar-refractivity contribution in [1.82, 2.24) is 4.90 Å². The molecule has 0 bridgehead atoms. The second-order valence-electron chi connectivity index (χ2n) is 6.25. The number of carbonyl (C=O) groups is 3. The second-order valence-corrected chi connectivity index (χ2v) is 7.20. The summed E-state index contributed by atoms with van der Waals surface area (Å²) in [6, 6.07) is 7.11. The molecule has 6 nitrogen and oxygen atoms in total. The first-order valence-electron chi connectivity index (χ1n) is 8.53. The second kappa shape index (κ2) is 8.30. The number of aryl methyl sites for hydroxylation is 1. The summed E-state index contributed by atoms with van der Waals surface area (Å²) in [5, 5.41) is 4.28. The van der Waals surface area contributed by atoms with Gasteiger partial charge in [-0.25, -0.2) is 9.18 Å². The minimum atomic E-state index is -0.691. The van der Waals surface area contributed by atoms with Gasteiger partial charge >= 0.3 is 5.97 Å². The number of anilines is 1. The first-order valence-corrected chi connectivity index (χ1v) is 9.41. The van der Waals surface area contributed by atoms with Crippen LogP contribution >= 0.6 is 11.3 Å². The number of hydrogen-bond donors (Lipinski definition) is 1. The van der Waals surface area contributed by atoms with E-state index in [4.69, 9.17) is 4.74 Å². The van der Waals surface area contributed by atoms with E-state index in [1.54, 1.807) is 36.6 Å². The van der Waals surface area contributed by atoms with Crippen molar-refractivity contribution >= 4 is 34.8 Å². The third-order valence-corrected chi connectivity index (χ3v) is 5.18. The number of carbonyl (C=O) groups excluding carboxylic acids is 3. The number of thiophene rings is 1. The van der Waals surface area contributed by atoms with Crippen molar-refractivity contribution in [2.75, 3.05) is 18.5 Å². The maximum atomic E-state index is 13.5. The van der Waals surface area contributed by atoms with Crippen LogP contribution in [-0.4, -0.2) is 41.9 Å². The van der Waals surface area contributed by atoms with Gasteiger partial charge in [0.25, 0.3) is 11.8 Å². The smallest absolute Gasteiger partial charge is 0.329 e. The first kappa shape index (κ1) is 19.0. The molecule has 2 aromatic rings. The number of halogens is 1. The van der Waals surface area contributed by atoms with E-state index in [0.717, 1.165) is 0 Å². The zero-order valence-corrected chi connectivity index (χ0v) is 15.6. The van der Waals surface area contributed by atoms with Crippen LogP contribution in [0.2, 0.25) is 0 Å². The summed E-state index contributed by atoms with van der Waals surface area (Å²) in [7, 11) is 0. The van der Waals surface area contributed by atoms with Gasteiger partial charge in [-0.3, -0.25) is 9.59 Å². The van der Waals surface area contributed by atoms with E-state index in [-0.39, 0.29) is 11.6 Å². The molecule has 1 aliphatic heterocycles. The Morgan fingerprint density at radius 2 is 2.15 bits per heavy atom. The van der Waals surface area contributed by atoms with Crippen LogP contribution in [0.25, 0.3) is 0 Å². The molecule has 1 aliphatic rings. The molecular formula is C19H19FN2O4S. The fourth-order valence-electron chi connectivity index (χ4n) is 2.90. The minimum Gasteiger partial charge on any atom is -0.454 e. The maximum Gasteiger partial charge on any atom is 0.329 e. The number of rotatable bonds is 5. The summed E-state index contributed by atoms with van der Waals surface area (Å²) in [4.78, 5) is 38.8. The monoisotopic (exact) mass is 390 g/mol. The number of amides is 2. The summed E-state index contributed by atoms with van der Waals surface area (Å²) >= 11 is 1.32. The van der Waals surface area contributed by atoms with E-state index in [0.29, 0.717) is 29.8 Å². The van der Waals surface area contributed by atoms with Crippen LogP contribution in [0.5, 0.6) is 0 Å². The Morgan fingerprint density at radius 3 is 2.85 bits per heavy atom. The Kier molecular flexibility index (Phi) is 5.85. The molecule has 1 saturated heterocycles. The topological polar surface area (TPSA) is 75.7 Å². The summed E-state index contributed by atoms with van der Waals surface area (Å²) in [6.07, 6.45) is 1.20. The fraction of sp³-hybridized carbons (Fsp3) is 0.316. The van der Waals surface area contributed by atoms with Gasteiger partial charge in [-0.05, 0) is 48.9 Å². The molecule has 1 fully saturated rings. The Morgan fingerprint density at radius 1 is 1.33 bits per heavy atom. The normalized spacial score (nSPS) is 16.2. The highest BCUT2D eigenvalue weighted by Crippen LogP contribution is 2.23. The van der Waals surface area contributed by atoms with Crippen molar-refractivity contribution in [2.24, 2.45) is 0 Å². The number of nitrogens with zero attached hydrogens (tertiary/aromatic N) is 1. The van der Waals surface area contributed by atoms with E-state index in [9.17, 15) is 18.8 Å². The fourth-order valence-corrected chi connectivity index (χ4v) is 3.58. The largest absolute Gasteiger partial charge is 0.454 e. The lowest BCUT2D eigenvalue weighted by atomic mass is 10.2. The molecule has 3 rings (SSSR count). The lowest BCUT2D eigenvalue weighted by Crippen LogP contribution is -2.41. The Bertz CT molecular complexity index is 853. The molecule has 27 heavy (non-hydrogen) atoms. The van der Waals surface area contributed by atoms with Crippen LogP contribution < -0.4 is 5.32 Å². The molecule has 0 saturated carbocycles. The van der Waals surface area contributed by atoms with Crippen LogP contribution in [0, 0.1) is 12.7 Å². The standard InChI is InChI=1S/C19H19FN2O4S/c1-12-6-7-13(10-14(12)20)21-17(23)11-26-19(25)15-4-2-8-22(15)18(24)16-5-3-9-27-16/h3,5-7,9-10,15H,2,4,8,11H2,1H3,(H,21,23)/t15-/m0/s1. The number of esters is 1. The van der Waals surface area contributed by atoms with E-state index < -0.39 is 30.3 Å². The molecule has 2 amide bonds. The predicted octanol–water partition coefficient (Wildman–Crippen LogP) is 2.98. The highest BCUT2D eigenvalue weighted by molar-refractivity contribution is 7.12. The predicted molar refractivity (Wildman–Crippen MR) is 99.1 cm³/mol. The molecule has 1 atom stereocenters. The third kappa shape index (κ3) is 4.51. The number of benzene rings is 1. The van der Waals surface area contributed by atoms with E-state index >= 15 is 0 Å². The lowest BCUT2D eigenvalue weighted by molar-refractivity contribution is -0.151. The van der Waals surface area contributed by atoms with Crippen LogP contribution in [-0.2, 0) is 14.3 Å². The van der Waals surface area contributed by atoms with E-state index in [1.807, 2.05) is 0 Å². The molecular weight excluding hydrogens is 371 g/mol. The number of likely N-dealkylation sites (tertiary alicyclic amines) is 1. The number of ether oxygens (including phenoxy) is 1. The molecule has 1 N–H and O–H groups in total. The number of nitrogens with one attached hydrogen (secondary N) is 1. The van der Waals surface area contributed by atoms with Gasteiger partial charge in [0.2, 0.25) is 0 Å². The van der Waals surface area contributed by atoms with Gasteiger partial charge in [0.15, 0.2) is 6.61 Å². The summed E-state index contributed by atoms with van der Waals surface area (Å²) in [5.74, 6) is -1.81. The molecule has 1 aromatic heterocycles. The quantitative estimate of drug-likeness (QED) is 0.797. The van der Waals surface area contributed by atoms with Gasteiger partial charge in [-0.15, -0.1) is 11.3 Å². The summed E-state index contributed by atoms with van der Waals surface area (Å²) in [6.45, 7) is 1.60. The average molecular weight is 390 g/mol. The minimum absolute atomic E-state index is 0.205. The Labute approximate surface area is 159 Å².